The molecule has 0 aliphatic carbocycles. The number of anilines is 1. The maximum absolute atomic E-state index is 11.5. The fraction of sp³-hybridized carbons (Fsp3) is 0.545. The quantitative estimate of drug-likeness (QED) is 0.675. The van der Waals surface area contributed by atoms with Gasteiger partial charge in [0.2, 0.25) is 6.08 Å². The first-order chi connectivity index (χ1) is 8.31. The van der Waals surface area contributed by atoms with Crippen molar-refractivity contribution in [2.45, 2.75) is 39.8 Å². The lowest BCUT2D eigenvalue weighted by atomic mass is 10.2. The molecule has 1 aromatic heterocycles. The molecule has 0 saturated carbocycles. The summed E-state index contributed by atoms with van der Waals surface area (Å²) in [5.74, 6) is 0. The SMILES string of the molecule is Cc1nc(NC(=O)OC(C)(C)C)sc1CN=C=O. The zero-order valence-electron chi connectivity index (χ0n) is 10.7. The number of isocyanates is 1. The molecule has 0 bridgehead atoms. The molecule has 18 heavy (non-hydrogen) atoms. The number of thiazole rings is 1. The van der Waals surface area contributed by atoms with Gasteiger partial charge in [-0.05, 0) is 27.7 Å². The third-order valence-corrected chi connectivity index (χ3v) is 2.85. The van der Waals surface area contributed by atoms with E-state index in [1.807, 2.05) is 0 Å². The summed E-state index contributed by atoms with van der Waals surface area (Å²) in [6.07, 6.45) is 0.912. The fourth-order valence-electron chi connectivity index (χ4n) is 1.12. The molecule has 0 fully saturated rings. The van der Waals surface area contributed by atoms with Crippen molar-refractivity contribution in [3.05, 3.63) is 10.6 Å². The van der Waals surface area contributed by atoms with Crippen molar-refractivity contribution in [1.29, 1.82) is 0 Å². The van der Waals surface area contributed by atoms with E-state index >= 15 is 0 Å². The van der Waals surface area contributed by atoms with E-state index in [4.69, 9.17) is 4.74 Å². The number of carbonyl (C=O) groups is 1. The second kappa shape index (κ2) is 5.75. The van der Waals surface area contributed by atoms with Gasteiger partial charge in [0.1, 0.15) is 5.60 Å². The first kappa shape index (κ1) is 14.3. The summed E-state index contributed by atoms with van der Waals surface area (Å²) in [6, 6.07) is 0. The molecule has 0 saturated heterocycles. The Morgan fingerprint density at radius 3 is 2.78 bits per heavy atom. The van der Waals surface area contributed by atoms with Crippen molar-refractivity contribution in [2.24, 2.45) is 4.99 Å². The minimum absolute atomic E-state index is 0.225. The van der Waals surface area contributed by atoms with Crippen molar-refractivity contribution in [3.8, 4) is 0 Å². The summed E-state index contributed by atoms with van der Waals surface area (Å²) in [5.41, 5.74) is 0.172. The van der Waals surface area contributed by atoms with Crippen LogP contribution in [0.25, 0.3) is 0 Å². The van der Waals surface area contributed by atoms with Gasteiger partial charge in [-0.3, -0.25) is 5.32 Å². The van der Waals surface area contributed by atoms with Crippen molar-refractivity contribution >= 4 is 28.6 Å². The van der Waals surface area contributed by atoms with Gasteiger partial charge in [0.15, 0.2) is 5.13 Å². The number of aromatic nitrogens is 1. The molecule has 0 aliphatic rings. The van der Waals surface area contributed by atoms with Crippen LogP contribution in [0.3, 0.4) is 0 Å². The van der Waals surface area contributed by atoms with Crippen LogP contribution in [-0.4, -0.2) is 22.8 Å². The molecule has 0 aliphatic heterocycles. The summed E-state index contributed by atoms with van der Waals surface area (Å²) in [7, 11) is 0. The van der Waals surface area contributed by atoms with Crippen LogP contribution in [0.4, 0.5) is 9.93 Å². The summed E-state index contributed by atoms with van der Waals surface area (Å²) in [6.45, 7) is 7.35. The van der Waals surface area contributed by atoms with E-state index in [1.54, 1.807) is 27.7 Å². The zero-order chi connectivity index (χ0) is 13.8. The second-order valence-electron chi connectivity index (χ2n) is 4.56. The molecular formula is C11H15N3O3S. The number of aliphatic imine (C=N–C) groups is 1. The summed E-state index contributed by atoms with van der Waals surface area (Å²) in [4.78, 5) is 30.0. The van der Waals surface area contributed by atoms with E-state index in [1.165, 1.54) is 17.4 Å². The van der Waals surface area contributed by atoms with Gasteiger partial charge in [0, 0.05) is 0 Å². The van der Waals surface area contributed by atoms with E-state index in [9.17, 15) is 9.59 Å². The Morgan fingerprint density at radius 2 is 2.22 bits per heavy atom. The number of aryl methyl sites for hydroxylation is 1. The Bertz CT molecular complexity index is 484. The minimum Gasteiger partial charge on any atom is -0.444 e. The molecule has 0 spiro atoms. The van der Waals surface area contributed by atoms with E-state index in [0.29, 0.717) is 5.13 Å². The third-order valence-electron chi connectivity index (χ3n) is 1.79. The summed E-state index contributed by atoms with van der Waals surface area (Å²) in [5, 5.41) is 2.97. The highest BCUT2D eigenvalue weighted by atomic mass is 32.1. The van der Waals surface area contributed by atoms with E-state index in [-0.39, 0.29) is 6.54 Å². The van der Waals surface area contributed by atoms with E-state index < -0.39 is 11.7 Å². The zero-order valence-corrected chi connectivity index (χ0v) is 11.6. The number of amides is 1. The number of rotatable bonds is 3. The highest BCUT2D eigenvalue weighted by molar-refractivity contribution is 7.15. The van der Waals surface area contributed by atoms with Crippen molar-refractivity contribution in [1.82, 2.24) is 4.98 Å². The Hall–Kier alpha value is -1.72. The molecule has 6 nitrogen and oxygen atoms in total. The smallest absolute Gasteiger partial charge is 0.413 e. The Morgan fingerprint density at radius 1 is 1.56 bits per heavy atom. The lowest BCUT2D eigenvalue weighted by Crippen LogP contribution is -2.27. The van der Waals surface area contributed by atoms with Crippen molar-refractivity contribution < 1.29 is 14.3 Å². The number of nitrogens with one attached hydrogen (secondary N) is 1. The normalized spacial score (nSPS) is 10.7. The van der Waals surface area contributed by atoms with Gasteiger partial charge in [-0.25, -0.2) is 19.6 Å². The number of nitrogens with zero attached hydrogens (tertiary/aromatic N) is 2. The molecule has 1 N–H and O–H groups in total. The van der Waals surface area contributed by atoms with Crippen LogP contribution in [0.5, 0.6) is 0 Å². The van der Waals surface area contributed by atoms with Crippen LogP contribution in [0.15, 0.2) is 4.99 Å². The topological polar surface area (TPSA) is 80.7 Å². The van der Waals surface area contributed by atoms with Gasteiger partial charge in [0.05, 0.1) is 17.1 Å². The maximum atomic E-state index is 11.5. The van der Waals surface area contributed by atoms with Crippen LogP contribution in [0.1, 0.15) is 31.3 Å². The Balaban J connectivity index is 2.68. The van der Waals surface area contributed by atoms with E-state index in [0.717, 1.165) is 10.6 Å². The molecule has 1 aromatic rings. The van der Waals surface area contributed by atoms with Crippen LogP contribution in [-0.2, 0) is 16.1 Å². The lowest BCUT2D eigenvalue weighted by Gasteiger charge is -2.18. The molecule has 7 heteroatoms. The highest BCUT2D eigenvalue weighted by Gasteiger charge is 2.17. The van der Waals surface area contributed by atoms with Gasteiger partial charge in [-0.2, -0.15) is 0 Å². The highest BCUT2D eigenvalue weighted by Crippen LogP contribution is 2.23. The second-order valence-corrected chi connectivity index (χ2v) is 5.65. The number of ether oxygens (including phenoxy) is 1. The van der Waals surface area contributed by atoms with Crippen molar-refractivity contribution in [3.63, 3.8) is 0 Å². The van der Waals surface area contributed by atoms with Crippen LogP contribution >= 0.6 is 11.3 Å². The van der Waals surface area contributed by atoms with Crippen LogP contribution < -0.4 is 5.32 Å². The van der Waals surface area contributed by atoms with Crippen molar-refractivity contribution in [2.75, 3.05) is 5.32 Å². The molecule has 0 unspecified atom stereocenters. The molecular weight excluding hydrogens is 254 g/mol. The number of hydrogen-bond donors (Lipinski definition) is 1. The molecule has 0 atom stereocenters. The molecule has 1 heterocycles. The lowest BCUT2D eigenvalue weighted by molar-refractivity contribution is 0.0636. The van der Waals surface area contributed by atoms with Gasteiger partial charge >= 0.3 is 6.09 Å². The summed E-state index contributed by atoms with van der Waals surface area (Å²) < 4.78 is 5.10. The molecule has 0 aromatic carbocycles. The van der Waals surface area contributed by atoms with Gasteiger partial charge in [0.25, 0.3) is 0 Å². The summed E-state index contributed by atoms with van der Waals surface area (Å²) >= 11 is 1.26. The third kappa shape index (κ3) is 4.65. The molecule has 98 valence electrons. The predicted molar refractivity (Wildman–Crippen MR) is 68.5 cm³/mol. The monoisotopic (exact) mass is 269 g/mol. The fourth-order valence-corrected chi connectivity index (χ4v) is 2.00. The number of hydrogen-bond acceptors (Lipinski definition) is 6. The predicted octanol–water partition coefficient (Wildman–Crippen LogP) is 2.63. The maximum Gasteiger partial charge on any atom is 0.413 e. The van der Waals surface area contributed by atoms with Crippen LogP contribution in [0, 0.1) is 6.92 Å². The molecule has 0 radical (unpaired) electrons. The average Bonchev–Trinajstić information content (AvgIpc) is 2.52. The standard InChI is InChI=1S/C11H15N3O3S/c1-7-8(5-12-6-15)18-9(13-7)14-10(16)17-11(2,3)4/h5H2,1-4H3,(H,13,14,16). The first-order valence-corrected chi connectivity index (χ1v) is 6.13. The minimum atomic E-state index is -0.555. The average molecular weight is 269 g/mol. The largest absolute Gasteiger partial charge is 0.444 e. The molecule has 1 amide bonds. The van der Waals surface area contributed by atoms with Gasteiger partial charge < -0.3 is 4.74 Å². The molecule has 1 rings (SSSR count). The van der Waals surface area contributed by atoms with Crippen LogP contribution in [0.2, 0.25) is 0 Å². The number of carbonyl (C=O) groups excluding carboxylic acids is 2. The van der Waals surface area contributed by atoms with Gasteiger partial charge in [-0.15, -0.1) is 0 Å². The Kier molecular flexibility index (Phi) is 4.58. The van der Waals surface area contributed by atoms with E-state index in [2.05, 4.69) is 15.3 Å². The Labute approximate surface area is 109 Å². The van der Waals surface area contributed by atoms with Gasteiger partial charge in [-0.1, -0.05) is 11.3 Å². The first-order valence-electron chi connectivity index (χ1n) is 5.32.